The van der Waals surface area contributed by atoms with E-state index >= 15 is 0 Å². The van der Waals surface area contributed by atoms with E-state index in [1.165, 1.54) is 24.2 Å². The van der Waals surface area contributed by atoms with E-state index in [0.29, 0.717) is 0 Å². The molecule has 0 saturated carbocycles. The van der Waals surface area contributed by atoms with Gasteiger partial charge >= 0.3 is 0 Å². The van der Waals surface area contributed by atoms with Crippen LogP contribution < -0.4 is 10.6 Å². The van der Waals surface area contributed by atoms with Crippen LogP contribution in [-0.2, 0) is 20.0 Å². The number of hydrogen-bond acceptors (Lipinski definition) is 3. The van der Waals surface area contributed by atoms with E-state index in [4.69, 9.17) is 0 Å². The lowest BCUT2D eigenvalue weighted by Gasteiger charge is -2.05. The molecule has 0 spiro atoms. The topological polar surface area (TPSA) is 41.9 Å². The Balaban J connectivity index is 2.11. The quantitative estimate of drug-likeness (QED) is 0.640. The van der Waals surface area contributed by atoms with Crippen LogP contribution in [0.15, 0.2) is 6.07 Å². The SMILES string of the molecule is CCCNCCCNCc1cc(CC)nn1C. The predicted octanol–water partition coefficient (Wildman–Crippen LogP) is 1.46. The van der Waals surface area contributed by atoms with Gasteiger partial charge in [-0.1, -0.05) is 13.8 Å². The van der Waals surface area contributed by atoms with Gasteiger partial charge in [0.05, 0.1) is 11.4 Å². The highest BCUT2D eigenvalue weighted by Gasteiger charge is 2.02. The third kappa shape index (κ3) is 5.33. The molecule has 0 bridgehead atoms. The molecular weight excluding hydrogens is 212 g/mol. The lowest BCUT2D eigenvalue weighted by molar-refractivity contribution is 0.574. The van der Waals surface area contributed by atoms with Gasteiger partial charge in [-0.3, -0.25) is 4.68 Å². The molecule has 1 heterocycles. The fourth-order valence-electron chi connectivity index (χ4n) is 1.77. The Bertz CT molecular complexity index is 306. The number of aromatic nitrogens is 2. The van der Waals surface area contributed by atoms with Crippen molar-refractivity contribution >= 4 is 0 Å². The molecule has 0 unspecified atom stereocenters. The zero-order valence-corrected chi connectivity index (χ0v) is 11.4. The molecule has 0 radical (unpaired) electrons. The van der Waals surface area contributed by atoms with E-state index < -0.39 is 0 Å². The summed E-state index contributed by atoms with van der Waals surface area (Å²) in [5.74, 6) is 0. The average Bonchev–Trinajstić information content (AvgIpc) is 2.69. The van der Waals surface area contributed by atoms with Gasteiger partial charge in [0.1, 0.15) is 0 Å². The molecule has 0 aromatic carbocycles. The van der Waals surface area contributed by atoms with Crippen molar-refractivity contribution in [1.29, 1.82) is 0 Å². The average molecular weight is 238 g/mol. The summed E-state index contributed by atoms with van der Waals surface area (Å²) in [7, 11) is 2.01. The summed E-state index contributed by atoms with van der Waals surface area (Å²) in [5, 5.41) is 11.3. The zero-order valence-electron chi connectivity index (χ0n) is 11.4. The Morgan fingerprint density at radius 1 is 1.18 bits per heavy atom. The molecule has 98 valence electrons. The van der Waals surface area contributed by atoms with Gasteiger partial charge in [-0.25, -0.2) is 0 Å². The van der Waals surface area contributed by atoms with Crippen LogP contribution in [0, 0.1) is 0 Å². The highest BCUT2D eigenvalue weighted by Crippen LogP contribution is 2.03. The molecule has 0 amide bonds. The van der Waals surface area contributed by atoms with Crippen LogP contribution in [0.3, 0.4) is 0 Å². The van der Waals surface area contributed by atoms with E-state index in [0.717, 1.165) is 32.6 Å². The molecule has 0 saturated heterocycles. The lowest BCUT2D eigenvalue weighted by atomic mass is 10.3. The van der Waals surface area contributed by atoms with Gasteiger partial charge in [0.15, 0.2) is 0 Å². The van der Waals surface area contributed by atoms with Gasteiger partial charge in [0, 0.05) is 13.6 Å². The first kappa shape index (κ1) is 14.2. The monoisotopic (exact) mass is 238 g/mol. The fourth-order valence-corrected chi connectivity index (χ4v) is 1.77. The van der Waals surface area contributed by atoms with Crippen LogP contribution in [0.1, 0.15) is 38.1 Å². The first-order valence-corrected chi connectivity index (χ1v) is 6.71. The largest absolute Gasteiger partial charge is 0.317 e. The van der Waals surface area contributed by atoms with Crippen molar-refractivity contribution in [3.63, 3.8) is 0 Å². The minimum atomic E-state index is 0.914. The van der Waals surface area contributed by atoms with Gasteiger partial charge in [-0.15, -0.1) is 0 Å². The predicted molar refractivity (Wildman–Crippen MR) is 72.1 cm³/mol. The minimum Gasteiger partial charge on any atom is -0.317 e. The van der Waals surface area contributed by atoms with E-state index in [2.05, 4.69) is 35.6 Å². The van der Waals surface area contributed by atoms with E-state index in [1.807, 2.05) is 11.7 Å². The Morgan fingerprint density at radius 3 is 2.59 bits per heavy atom. The number of nitrogens with one attached hydrogen (secondary N) is 2. The van der Waals surface area contributed by atoms with Crippen molar-refractivity contribution in [2.45, 2.75) is 39.7 Å². The van der Waals surface area contributed by atoms with Crippen molar-refractivity contribution < 1.29 is 0 Å². The van der Waals surface area contributed by atoms with Crippen LogP contribution in [0.5, 0.6) is 0 Å². The number of aryl methyl sites for hydroxylation is 2. The first-order valence-electron chi connectivity index (χ1n) is 6.71. The van der Waals surface area contributed by atoms with E-state index in [9.17, 15) is 0 Å². The number of hydrogen-bond donors (Lipinski definition) is 2. The fraction of sp³-hybridized carbons (Fsp3) is 0.769. The molecule has 0 fully saturated rings. The smallest absolute Gasteiger partial charge is 0.0625 e. The van der Waals surface area contributed by atoms with Crippen molar-refractivity contribution in [3.05, 3.63) is 17.5 Å². The van der Waals surface area contributed by atoms with Crippen molar-refractivity contribution in [2.24, 2.45) is 7.05 Å². The van der Waals surface area contributed by atoms with Crippen LogP contribution in [0.25, 0.3) is 0 Å². The number of nitrogens with zero attached hydrogens (tertiary/aromatic N) is 2. The molecule has 17 heavy (non-hydrogen) atoms. The van der Waals surface area contributed by atoms with Crippen LogP contribution >= 0.6 is 0 Å². The van der Waals surface area contributed by atoms with E-state index in [-0.39, 0.29) is 0 Å². The second-order valence-corrected chi connectivity index (χ2v) is 4.38. The summed E-state index contributed by atoms with van der Waals surface area (Å²) in [5.41, 5.74) is 2.44. The summed E-state index contributed by atoms with van der Waals surface area (Å²) in [4.78, 5) is 0. The molecule has 0 aliphatic carbocycles. The summed E-state index contributed by atoms with van der Waals surface area (Å²) in [6.07, 6.45) is 3.40. The Kier molecular flexibility index (Phi) is 6.89. The molecule has 0 aliphatic rings. The molecular formula is C13H26N4. The molecule has 4 nitrogen and oxygen atoms in total. The van der Waals surface area contributed by atoms with Crippen molar-refractivity contribution in [2.75, 3.05) is 19.6 Å². The summed E-state index contributed by atoms with van der Waals surface area (Å²) < 4.78 is 1.97. The molecule has 1 aromatic rings. The number of rotatable bonds is 9. The maximum Gasteiger partial charge on any atom is 0.0625 e. The van der Waals surface area contributed by atoms with Gasteiger partial charge < -0.3 is 10.6 Å². The maximum absolute atomic E-state index is 4.43. The van der Waals surface area contributed by atoms with Crippen LogP contribution in [0.4, 0.5) is 0 Å². The van der Waals surface area contributed by atoms with Crippen molar-refractivity contribution in [3.8, 4) is 0 Å². The maximum atomic E-state index is 4.43. The highest BCUT2D eigenvalue weighted by atomic mass is 15.3. The van der Waals surface area contributed by atoms with E-state index in [1.54, 1.807) is 0 Å². The molecule has 2 N–H and O–H groups in total. The van der Waals surface area contributed by atoms with Gasteiger partial charge in [-0.05, 0) is 45.0 Å². The van der Waals surface area contributed by atoms with Gasteiger partial charge in [0.2, 0.25) is 0 Å². The Hall–Kier alpha value is -0.870. The lowest BCUT2D eigenvalue weighted by Crippen LogP contribution is -2.22. The molecule has 1 rings (SSSR count). The summed E-state index contributed by atoms with van der Waals surface area (Å²) in [6, 6.07) is 2.18. The van der Waals surface area contributed by atoms with Gasteiger partial charge in [-0.2, -0.15) is 5.10 Å². The van der Waals surface area contributed by atoms with Crippen LogP contribution in [0.2, 0.25) is 0 Å². The standard InChI is InChI=1S/C13H26N4/c1-4-7-14-8-6-9-15-11-13-10-12(5-2)16-17(13)3/h10,14-15H,4-9,11H2,1-3H3. The Labute approximate surface area is 105 Å². The summed E-state index contributed by atoms with van der Waals surface area (Å²) >= 11 is 0. The molecule has 0 aliphatic heterocycles. The zero-order chi connectivity index (χ0) is 12.5. The second-order valence-electron chi connectivity index (χ2n) is 4.38. The molecule has 1 aromatic heterocycles. The third-order valence-corrected chi connectivity index (χ3v) is 2.83. The Morgan fingerprint density at radius 2 is 1.94 bits per heavy atom. The minimum absolute atomic E-state index is 0.914. The third-order valence-electron chi connectivity index (χ3n) is 2.83. The highest BCUT2D eigenvalue weighted by molar-refractivity contribution is 5.09. The second kappa shape index (κ2) is 8.25. The first-order chi connectivity index (χ1) is 8.27. The van der Waals surface area contributed by atoms with Gasteiger partial charge in [0.25, 0.3) is 0 Å². The molecule has 4 heteroatoms. The van der Waals surface area contributed by atoms with Crippen molar-refractivity contribution in [1.82, 2.24) is 20.4 Å². The summed E-state index contributed by atoms with van der Waals surface area (Å²) in [6.45, 7) is 8.53. The molecule has 0 atom stereocenters. The van der Waals surface area contributed by atoms with Crippen LogP contribution in [-0.4, -0.2) is 29.4 Å². The normalized spacial score (nSPS) is 11.0.